The number of benzene rings is 15. The molecular formula is C92H62N8. The molecule has 2 aromatic heterocycles. The van der Waals surface area contributed by atoms with Gasteiger partial charge >= 0.3 is 0 Å². The predicted octanol–water partition coefficient (Wildman–Crippen LogP) is 24.8. The number of hydrogen-bond acceptors (Lipinski definition) is 6. The summed E-state index contributed by atoms with van der Waals surface area (Å²) in [5.74, 6) is 0. The molecule has 17 aromatic rings. The zero-order valence-corrected chi connectivity index (χ0v) is 54.4. The van der Waals surface area contributed by atoms with Crippen LogP contribution >= 0.6 is 0 Å². The maximum Gasteiger partial charge on any atom is 0.0998 e. The van der Waals surface area contributed by atoms with Gasteiger partial charge in [-0.2, -0.15) is 10.5 Å². The highest BCUT2D eigenvalue weighted by Crippen LogP contribution is 2.50. The second-order valence-electron chi connectivity index (χ2n) is 24.7. The van der Waals surface area contributed by atoms with Crippen molar-refractivity contribution in [2.24, 2.45) is 0 Å². The summed E-state index contributed by atoms with van der Waals surface area (Å²) >= 11 is 0. The van der Waals surface area contributed by atoms with Gasteiger partial charge in [-0.15, -0.1) is 0 Å². The van der Waals surface area contributed by atoms with Crippen LogP contribution in [0.5, 0.6) is 0 Å². The normalized spacial score (nSPS) is 11.2. The monoisotopic (exact) mass is 1280 g/mol. The van der Waals surface area contributed by atoms with Gasteiger partial charge in [-0.05, 0) is 205 Å². The van der Waals surface area contributed by atoms with E-state index in [0.717, 1.165) is 145 Å². The summed E-state index contributed by atoms with van der Waals surface area (Å²) < 4.78 is 4.85. The van der Waals surface area contributed by atoms with Gasteiger partial charge in [0.2, 0.25) is 0 Å². The number of para-hydroxylation sites is 8. The highest BCUT2D eigenvalue weighted by atomic mass is 15.2. The van der Waals surface area contributed by atoms with Crippen LogP contribution in [0.1, 0.15) is 11.1 Å². The Morgan fingerprint density at radius 3 is 0.600 bits per heavy atom. The molecule has 0 aliphatic carbocycles. The third-order valence-corrected chi connectivity index (χ3v) is 18.9. The minimum absolute atomic E-state index is 0.511. The number of nitrogens with zero attached hydrogens (tertiary/aromatic N) is 8. The fourth-order valence-corrected chi connectivity index (χ4v) is 14.5. The summed E-state index contributed by atoms with van der Waals surface area (Å²) in [7, 11) is 0. The highest BCUT2D eigenvalue weighted by Gasteiger charge is 2.28. The van der Waals surface area contributed by atoms with Crippen LogP contribution in [0, 0.1) is 22.7 Å². The molecule has 470 valence electrons. The molecule has 0 saturated heterocycles. The van der Waals surface area contributed by atoms with Crippen molar-refractivity contribution in [3.8, 4) is 45.8 Å². The topological polar surface area (TPSA) is 70.4 Å². The molecule has 0 bridgehead atoms. The van der Waals surface area contributed by atoms with Gasteiger partial charge in [-0.3, -0.25) is 0 Å². The molecule has 0 fully saturated rings. The van der Waals surface area contributed by atoms with Gasteiger partial charge in [-0.25, -0.2) is 0 Å². The second-order valence-corrected chi connectivity index (χ2v) is 24.7. The molecule has 0 N–H and O–H groups in total. The third-order valence-electron chi connectivity index (χ3n) is 18.9. The van der Waals surface area contributed by atoms with Crippen LogP contribution in [-0.2, 0) is 0 Å². The molecule has 0 spiro atoms. The Balaban J connectivity index is 1.02. The third kappa shape index (κ3) is 10.8. The maximum atomic E-state index is 11.2. The molecule has 0 radical (unpaired) electrons. The SMILES string of the molecule is N#Cc1ccccc1-c1cc(-n2c3ccc(N(c4ccccc4)c4ccccc4)cc3c3cc(N(c4ccccc4)c4ccccc4)ccc32)c(-n2c3ccc(N(c4ccccc4)c4ccccc4)cc3c3cc(N(c4ccccc4)c4ccccc4)ccc32)cc1-c1ccccc1C#N. The molecule has 8 nitrogen and oxygen atoms in total. The first kappa shape index (κ1) is 59.8. The first-order valence-corrected chi connectivity index (χ1v) is 33.5. The van der Waals surface area contributed by atoms with Crippen LogP contribution < -0.4 is 19.6 Å². The van der Waals surface area contributed by atoms with E-state index in [0.29, 0.717) is 11.1 Å². The Bertz CT molecular complexity index is 5120. The van der Waals surface area contributed by atoms with Crippen LogP contribution in [0.2, 0.25) is 0 Å². The number of hydrogen-bond donors (Lipinski definition) is 0. The molecular weight excluding hydrogens is 1220 g/mol. The molecule has 15 aromatic carbocycles. The van der Waals surface area contributed by atoms with Gasteiger partial charge in [-0.1, -0.05) is 182 Å². The average molecular weight is 1280 g/mol. The minimum atomic E-state index is 0.511. The van der Waals surface area contributed by atoms with Crippen molar-refractivity contribution in [1.82, 2.24) is 9.13 Å². The second kappa shape index (κ2) is 26.0. The first-order chi connectivity index (χ1) is 49.6. The van der Waals surface area contributed by atoms with E-state index in [9.17, 15) is 10.5 Å². The molecule has 2 heterocycles. The van der Waals surface area contributed by atoms with Gasteiger partial charge in [0.15, 0.2) is 0 Å². The van der Waals surface area contributed by atoms with E-state index in [2.05, 4.69) is 368 Å². The van der Waals surface area contributed by atoms with Gasteiger partial charge in [0.1, 0.15) is 0 Å². The molecule has 0 saturated carbocycles. The van der Waals surface area contributed by atoms with E-state index in [1.165, 1.54) is 0 Å². The molecule has 100 heavy (non-hydrogen) atoms. The summed E-state index contributed by atoms with van der Waals surface area (Å²) in [5, 5.41) is 26.5. The molecule has 8 heteroatoms. The summed E-state index contributed by atoms with van der Waals surface area (Å²) in [6.45, 7) is 0. The Morgan fingerprint density at radius 1 is 0.190 bits per heavy atom. The van der Waals surface area contributed by atoms with Gasteiger partial charge in [0, 0.05) is 101 Å². The summed E-state index contributed by atoms with van der Waals surface area (Å²) in [4.78, 5) is 9.30. The molecule has 0 aliphatic heterocycles. The lowest BCUT2D eigenvalue weighted by Crippen LogP contribution is -2.10. The predicted molar refractivity (Wildman–Crippen MR) is 414 cm³/mol. The maximum absolute atomic E-state index is 11.2. The van der Waals surface area contributed by atoms with Crippen LogP contribution in [0.15, 0.2) is 376 Å². The molecule has 0 aliphatic rings. The van der Waals surface area contributed by atoms with E-state index < -0.39 is 0 Å². The van der Waals surface area contributed by atoms with Gasteiger partial charge in [0.05, 0.1) is 56.7 Å². The van der Waals surface area contributed by atoms with Crippen molar-refractivity contribution >= 4 is 112 Å². The molecule has 0 atom stereocenters. The van der Waals surface area contributed by atoms with Crippen LogP contribution in [0.4, 0.5) is 68.2 Å². The summed E-state index contributed by atoms with van der Waals surface area (Å²) in [6, 6.07) is 137. The highest BCUT2D eigenvalue weighted by molar-refractivity contribution is 6.15. The summed E-state index contributed by atoms with van der Waals surface area (Å²) in [6.07, 6.45) is 0. The minimum Gasteiger partial charge on any atom is -0.310 e. The summed E-state index contributed by atoms with van der Waals surface area (Å²) in [5.41, 5.74) is 21.8. The standard InChI is InChI=1S/C92H62N8/c93-63-65-29-25-27-47-79(65)81-61-91(99-87-53-49-75(95(67-31-9-1-10-32-67)68-33-11-2-12-34-68)57-83(87)84-58-76(50-54-88(84)99)96(69-35-13-3-14-36-69)70-37-15-4-16-38-70)92(62-82(81)80-48-28-26-30-66(80)64-94)100-89-55-51-77(97(71-39-17-5-18-40-71)72-41-19-6-20-42-72)59-85(89)86-60-78(52-56-90(86)100)98(73-43-21-7-22-44-73)74-45-23-8-24-46-74/h1-62H. The smallest absolute Gasteiger partial charge is 0.0998 e. The lowest BCUT2D eigenvalue weighted by atomic mass is 9.89. The van der Waals surface area contributed by atoms with E-state index in [1.807, 2.05) is 48.5 Å². The Hall–Kier alpha value is -13.9. The van der Waals surface area contributed by atoms with E-state index in [-0.39, 0.29) is 0 Å². The fraction of sp³-hybridized carbons (Fsp3) is 0. The van der Waals surface area contributed by atoms with Crippen molar-refractivity contribution in [3.05, 3.63) is 387 Å². The van der Waals surface area contributed by atoms with Crippen LogP contribution in [0.3, 0.4) is 0 Å². The van der Waals surface area contributed by atoms with Crippen molar-refractivity contribution in [2.45, 2.75) is 0 Å². The Kier molecular flexibility index (Phi) is 15.6. The van der Waals surface area contributed by atoms with E-state index in [4.69, 9.17) is 0 Å². The lowest BCUT2D eigenvalue weighted by molar-refractivity contribution is 1.09. The molecule has 17 rings (SSSR count). The first-order valence-electron chi connectivity index (χ1n) is 33.5. The van der Waals surface area contributed by atoms with Crippen molar-refractivity contribution in [3.63, 3.8) is 0 Å². The number of anilines is 12. The largest absolute Gasteiger partial charge is 0.310 e. The van der Waals surface area contributed by atoms with Crippen molar-refractivity contribution in [1.29, 1.82) is 10.5 Å². The average Bonchev–Trinajstić information content (AvgIpc) is 1.54. The zero-order chi connectivity index (χ0) is 66.9. The van der Waals surface area contributed by atoms with Gasteiger partial charge in [0.25, 0.3) is 0 Å². The number of fused-ring (bicyclic) bond motifs is 6. The molecule has 0 unspecified atom stereocenters. The Labute approximate surface area is 580 Å². The molecule has 0 amide bonds. The van der Waals surface area contributed by atoms with Crippen LogP contribution in [-0.4, -0.2) is 9.13 Å². The van der Waals surface area contributed by atoms with Crippen LogP contribution in [0.25, 0.3) is 77.2 Å². The van der Waals surface area contributed by atoms with E-state index >= 15 is 0 Å². The van der Waals surface area contributed by atoms with Crippen molar-refractivity contribution in [2.75, 3.05) is 19.6 Å². The van der Waals surface area contributed by atoms with Gasteiger partial charge < -0.3 is 28.7 Å². The van der Waals surface area contributed by atoms with E-state index in [1.54, 1.807) is 0 Å². The quantitative estimate of drug-likeness (QED) is 0.0960. The lowest BCUT2D eigenvalue weighted by Gasteiger charge is -2.26. The number of nitriles is 2. The number of aromatic nitrogens is 2. The number of rotatable bonds is 16. The van der Waals surface area contributed by atoms with Crippen molar-refractivity contribution < 1.29 is 0 Å². The Morgan fingerprint density at radius 2 is 0.390 bits per heavy atom. The zero-order valence-electron chi connectivity index (χ0n) is 54.4. The fourth-order valence-electron chi connectivity index (χ4n) is 14.5.